The molecule has 1 unspecified atom stereocenters. The van der Waals surface area contributed by atoms with Crippen molar-refractivity contribution < 1.29 is 14.0 Å². The van der Waals surface area contributed by atoms with Crippen LogP contribution in [0.15, 0.2) is 30.9 Å². The summed E-state index contributed by atoms with van der Waals surface area (Å²) in [5.74, 6) is -1.31. The highest BCUT2D eigenvalue weighted by Crippen LogP contribution is 2.53. The summed E-state index contributed by atoms with van der Waals surface area (Å²) < 4.78 is 13.9. The van der Waals surface area contributed by atoms with Crippen LogP contribution in [0, 0.1) is 11.2 Å². The van der Waals surface area contributed by atoms with Crippen LogP contribution in [0.1, 0.15) is 23.2 Å². The van der Waals surface area contributed by atoms with Gasteiger partial charge in [0.1, 0.15) is 5.82 Å². The summed E-state index contributed by atoms with van der Waals surface area (Å²) in [6, 6.07) is 4.07. The molecular formula is C16H16ClFN2O2. The Labute approximate surface area is 132 Å². The Bertz CT molecular complexity index is 637. The highest BCUT2D eigenvalue weighted by Gasteiger charge is 2.56. The second kappa shape index (κ2) is 5.39. The summed E-state index contributed by atoms with van der Waals surface area (Å²) >= 11 is 5.96. The van der Waals surface area contributed by atoms with Gasteiger partial charge in [-0.15, -0.1) is 0 Å². The van der Waals surface area contributed by atoms with E-state index in [2.05, 4.69) is 11.9 Å². The Morgan fingerprint density at radius 2 is 2.18 bits per heavy atom. The number of nitrogens with zero attached hydrogens (tertiary/aromatic N) is 1. The van der Waals surface area contributed by atoms with Gasteiger partial charge in [0.15, 0.2) is 0 Å². The van der Waals surface area contributed by atoms with Gasteiger partial charge in [-0.2, -0.15) is 0 Å². The first kappa shape index (κ1) is 15.0. The highest BCUT2D eigenvalue weighted by molar-refractivity contribution is 6.33. The summed E-state index contributed by atoms with van der Waals surface area (Å²) in [5.41, 5.74) is -0.179. The molecule has 2 fully saturated rings. The highest BCUT2D eigenvalue weighted by atomic mass is 35.5. The normalized spacial score (nSPS) is 21.7. The van der Waals surface area contributed by atoms with Crippen molar-refractivity contribution in [2.75, 3.05) is 13.1 Å². The molecule has 4 nitrogen and oxygen atoms in total. The molecule has 2 amide bonds. The molecule has 1 saturated carbocycles. The molecule has 1 aromatic carbocycles. The molecule has 1 aromatic rings. The van der Waals surface area contributed by atoms with Crippen molar-refractivity contribution in [2.24, 2.45) is 5.41 Å². The van der Waals surface area contributed by atoms with E-state index in [-0.39, 0.29) is 28.0 Å². The summed E-state index contributed by atoms with van der Waals surface area (Å²) in [6.45, 7) is 4.31. The first-order valence-electron chi connectivity index (χ1n) is 7.13. The van der Waals surface area contributed by atoms with Gasteiger partial charge in [0.2, 0.25) is 5.91 Å². The van der Waals surface area contributed by atoms with E-state index in [1.807, 2.05) is 0 Å². The molecule has 6 heteroatoms. The van der Waals surface area contributed by atoms with Crippen molar-refractivity contribution in [1.82, 2.24) is 10.2 Å². The lowest BCUT2D eigenvalue weighted by atomic mass is 10.0. The molecule has 1 spiro atoms. The van der Waals surface area contributed by atoms with Crippen LogP contribution < -0.4 is 5.32 Å². The van der Waals surface area contributed by atoms with E-state index in [0.717, 1.165) is 12.8 Å². The van der Waals surface area contributed by atoms with E-state index in [0.29, 0.717) is 13.1 Å². The lowest BCUT2D eigenvalue weighted by Gasteiger charge is -2.18. The van der Waals surface area contributed by atoms with Crippen molar-refractivity contribution in [3.63, 3.8) is 0 Å². The second-order valence-electron chi connectivity index (χ2n) is 5.91. The molecule has 3 rings (SSSR count). The van der Waals surface area contributed by atoms with Crippen LogP contribution in [0.25, 0.3) is 0 Å². The van der Waals surface area contributed by atoms with Crippen LogP contribution in [0.3, 0.4) is 0 Å². The fourth-order valence-electron chi connectivity index (χ4n) is 3.08. The molecule has 1 atom stereocenters. The lowest BCUT2D eigenvalue weighted by Crippen LogP contribution is -2.41. The first-order valence-corrected chi connectivity index (χ1v) is 7.51. The van der Waals surface area contributed by atoms with E-state index in [1.165, 1.54) is 24.3 Å². The Kier molecular flexibility index (Phi) is 3.68. The Morgan fingerprint density at radius 3 is 2.77 bits per heavy atom. The zero-order valence-corrected chi connectivity index (χ0v) is 12.7. The van der Waals surface area contributed by atoms with Gasteiger partial charge in [-0.25, -0.2) is 4.39 Å². The molecule has 1 aliphatic heterocycles. The van der Waals surface area contributed by atoms with E-state index >= 15 is 0 Å². The number of rotatable bonds is 3. The zero-order chi connectivity index (χ0) is 15.9. The van der Waals surface area contributed by atoms with E-state index in [1.54, 1.807) is 4.90 Å². The minimum atomic E-state index is -0.624. The van der Waals surface area contributed by atoms with Gasteiger partial charge in [-0.3, -0.25) is 9.59 Å². The lowest BCUT2D eigenvalue weighted by molar-refractivity contribution is -0.117. The van der Waals surface area contributed by atoms with Crippen LogP contribution in [-0.2, 0) is 4.79 Å². The number of halogens is 2. The molecule has 2 aliphatic rings. The van der Waals surface area contributed by atoms with Gasteiger partial charge < -0.3 is 10.2 Å². The zero-order valence-electron chi connectivity index (χ0n) is 11.9. The van der Waals surface area contributed by atoms with Crippen molar-refractivity contribution in [1.29, 1.82) is 0 Å². The van der Waals surface area contributed by atoms with Crippen LogP contribution >= 0.6 is 11.6 Å². The van der Waals surface area contributed by atoms with E-state index in [9.17, 15) is 14.0 Å². The maximum Gasteiger partial charge on any atom is 0.258 e. The van der Waals surface area contributed by atoms with E-state index in [4.69, 9.17) is 11.6 Å². The number of benzene rings is 1. The average molecular weight is 323 g/mol. The van der Waals surface area contributed by atoms with Gasteiger partial charge in [-0.05, 0) is 31.1 Å². The maximum absolute atomic E-state index is 13.9. The van der Waals surface area contributed by atoms with E-state index < -0.39 is 11.7 Å². The number of carbonyl (C=O) groups is 2. The number of hydrogen-bond acceptors (Lipinski definition) is 2. The first-order chi connectivity index (χ1) is 10.5. The van der Waals surface area contributed by atoms with Crippen molar-refractivity contribution in [3.05, 3.63) is 47.3 Å². The standard InChI is InChI=1S/C16H16ClFN2O2/c1-2-13(21)19-12-8-20(9-16(12)6-7-16)15(22)14-10(17)4-3-5-11(14)18/h2-5,12H,1,6-9H2,(H,19,21). The summed E-state index contributed by atoms with van der Waals surface area (Å²) in [7, 11) is 0. The molecule has 1 aliphatic carbocycles. The predicted molar refractivity (Wildman–Crippen MR) is 81.1 cm³/mol. The molecule has 1 N–H and O–H groups in total. The van der Waals surface area contributed by atoms with Crippen LogP contribution in [0.2, 0.25) is 5.02 Å². The SMILES string of the molecule is C=CC(=O)NC1CN(C(=O)c2c(F)cccc2Cl)CC12CC2. The molecule has 22 heavy (non-hydrogen) atoms. The maximum atomic E-state index is 13.9. The molecular weight excluding hydrogens is 307 g/mol. The number of amides is 2. The van der Waals surface area contributed by atoms with Gasteiger partial charge >= 0.3 is 0 Å². The third-order valence-corrected chi connectivity index (χ3v) is 4.82. The van der Waals surface area contributed by atoms with Crippen molar-refractivity contribution in [3.8, 4) is 0 Å². The van der Waals surface area contributed by atoms with Crippen LogP contribution in [-0.4, -0.2) is 35.8 Å². The number of hydrogen-bond donors (Lipinski definition) is 1. The van der Waals surface area contributed by atoms with Crippen LogP contribution in [0.4, 0.5) is 4.39 Å². The number of likely N-dealkylation sites (tertiary alicyclic amines) is 1. The van der Waals surface area contributed by atoms with Crippen LogP contribution in [0.5, 0.6) is 0 Å². The third-order valence-electron chi connectivity index (χ3n) is 4.51. The molecule has 0 bridgehead atoms. The molecule has 0 radical (unpaired) electrons. The Balaban J connectivity index is 1.81. The van der Waals surface area contributed by atoms with Gasteiger partial charge in [0.05, 0.1) is 16.6 Å². The fraction of sp³-hybridized carbons (Fsp3) is 0.375. The van der Waals surface area contributed by atoms with Gasteiger partial charge in [-0.1, -0.05) is 24.2 Å². The molecule has 1 heterocycles. The largest absolute Gasteiger partial charge is 0.347 e. The van der Waals surface area contributed by atoms with Gasteiger partial charge in [0.25, 0.3) is 5.91 Å². The summed E-state index contributed by atoms with van der Waals surface area (Å²) in [5, 5.41) is 2.97. The third kappa shape index (κ3) is 2.50. The molecule has 0 aromatic heterocycles. The Hall–Kier alpha value is -1.88. The van der Waals surface area contributed by atoms with Crippen molar-refractivity contribution >= 4 is 23.4 Å². The molecule has 1 saturated heterocycles. The molecule has 116 valence electrons. The fourth-order valence-corrected chi connectivity index (χ4v) is 3.32. The Morgan fingerprint density at radius 1 is 1.45 bits per heavy atom. The smallest absolute Gasteiger partial charge is 0.258 e. The minimum Gasteiger partial charge on any atom is -0.347 e. The summed E-state index contributed by atoms with van der Waals surface area (Å²) in [4.78, 5) is 25.7. The van der Waals surface area contributed by atoms with Gasteiger partial charge in [0, 0.05) is 18.5 Å². The number of nitrogens with one attached hydrogen (secondary N) is 1. The minimum absolute atomic E-state index is 0.0773. The van der Waals surface area contributed by atoms with Crippen molar-refractivity contribution in [2.45, 2.75) is 18.9 Å². The average Bonchev–Trinajstić information content (AvgIpc) is 3.16. The summed E-state index contributed by atoms with van der Waals surface area (Å²) in [6.07, 6.45) is 3.11. The predicted octanol–water partition coefficient (Wildman–Crippen LogP) is 2.39. The quantitative estimate of drug-likeness (QED) is 0.869. The monoisotopic (exact) mass is 322 g/mol. The number of carbonyl (C=O) groups excluding carboxylic acids is 2. The second-order valence-corrected chi connectivity index (χ2v) is 6.32. The topological polar surface area (TPSA) is 49.4 Å².